The molecule has 1 saturated carbocycles. The average Bonchev–Trinajstić information content (AvgIpc) is 2.74. The maximum Gasteiger partial charge on any atom is 0.247 e. The Kier molecular flexibility index (Phi) is 3.52. The molecular formula is C14H18N4O2S. The van der Waals surface area contributed by atoms with E-state index in [1.807, 2.05) is 11.7 Å². The molecule has 3 rings (SSSR count). The van der Waals surface area contributed by atoms with Gasteiger partial charge in [0.1, 0.15) is 0 Å². The molecule has 0 spiro atoms. The molecule has 1 aliphatic carbocycles. The van der Waals surface area contributed by atoms with Crippen LogP contribution in [0.25, 0.3) is 11.3 Å². The van der Waals surface area contributed by atoms with Crippen LogP contribution < -0.4 is 0 Å². The number of nitrogens with zero attached hydrogens (tertiary/aromatic N) is 4. The number of hydrogen-bond donors (Lipinski definition) is 0. The summed E-state index contributed by atoms with van der Waals surface area (Å²) in [7, 11) is -1.49. The van der Waals surface area contributed by atoms with Crippen molar-refractivity contribution in [2.45, 2.75) is 30.8 Å². The topological polar surface area (TPSA) is 77.7 Å². The number of aryl methyl sites for hydroxylation is 1. The maximum absolute atomic E-state index is 11.6. The molecule has 2 heterocycles. The monoisotopic (exact) mass is 306 g/mol. The van der Waals surface area contributed by atoms with Gasteiger partial charge in [-0.25, -0.2) is 18.4 Å². The zero-order valence-electron chi connectivity index (χ0n) is 12.2. The van der Waals surface area contributed by atoms with Gasteiger partial charge in [-0.05, 0) is 18.4 Å². The highest BCUT2D eigenvalue weighted by Crippen LogP contribution is 2.32. The minimum atomic E-state index is -3.41. The third-order valence-electron chi connectivity index (χ3n) is 4.01. The highest BCUT2D eigenvalue weighted by atomic mass is 32.2. The molecule has 0 saturated heterocycles. The van der Waals surface area contributed by atoms with Gasteiger partial charge < -0.3 is 0 Å². The molecule has 2 aromatic heterocycles. The second-order valence-electron chi connectivity index (χ2n) is 5.63. The maximum atomic E-state index is 11.6. The van der Waals surface area contributed by atoms with Crippen LogP contribution in [0.15, 0.2) is 23.6 Å². The number of aromatic nitrogens is 4. The van der Waals surface area contributed by atoms with E-state index in [0.717, 1.165) is 23.9 Å². The summed E-state index contributed by atoms with van der Waals surface area (Å²) in [6.45, 7) is 0. The van der Waals surface area contributed by atoms with Crippen molar-refractivity contribution >= 4 is 9.84 Å². The van der Waals surface area contributed by atoms with Gasteiger partial charge >= 0.3 is 0 Å². The van der Waals surface area contributed by atoms with E-state index < -0.39 is 9.84 Å². The van der Waals surface area contributed by atoms with Crippen LogP contribution in [0.5, 0.6) is 0 Å². The van der Waals surface area contributed by atoms with Crippen molar-refractivity contribution < 1.29 is 8.42 Å². The van der Waals surface area contributed by atoms with Gasteiger partial charge in [-0.2, -0.15) is 5.10 Å². The molecule has 0 radical (unpaired) electrons. The van der Waals surface area contributed by atoms with Crippen molar-refractivity contribution in [3.63, 3.8) is 0 Å². The SMILES string of the molecule is Cn1ncc(-c2ccnc(S(C)(=O)=O)n2)c1CC1CCC1. The van der Waals surface area contributed by atoms with Gasteiger partial charge in [0.2, 0.25) is 15.0 Å². The summed E-state index contributed by atoms with van der Waals surface area (Å²) in [4.78, 5) is 8.02. The summed E-state index contributed by atoms with van der Waals surface area (Å²) in [5, 5.41) is 4.16. The fraction of sp³-hybridized carbons (Fsp3) is 0.500. The predicted molar refractivity (Wildman–Crippen MR) is 78.4 cm³/mol. The van der Waals surface area contributed by atoms with Crippen molar-refractivity contribution in [3.8, 4) is 11.3 Å². The normalized spacial score (nSPS) is 15.9. The molecule has 0 bridgehead atoms. The summed E-state index contributed by atoms with van der Waals surface area (Å²) >= 11 is 0. The average molecular weight is 306 g/mol. The van der Waals surface area contributed by atoms with E-state index in [-0.39, 0.29) is 5.16 Å². The molecule has 7 heteroatoms. The van der Waals surface area contributed by atoms with Gasteiger partial charge in [0.05, 0.1) is 11.9 Å². The van der Waals surface area contributed by atoms with Gasteiger partial charge in [0.15, 0.2) is 0 Å². The quantitative estimate of drug-likeness (QED) is 0.802. The van der Waals surface area contributed by atoms with Crippen LogP contribution in [0.4, 0.5) is 0 Å². The lowest BCUT2D eigenvalue weighted by atomic mass is 9.81. The summed E-state index contributed by atoms with van der Waals surface area (Å²) in [5.74, 6) is 0.704. The summed E-state index contributed by atoms with van der Waals surface area (Å²) < 4.78 is 25.0. The fourth-order valence-corrected chi connectivity index (χ4v) is 3.08. The first-order chi connectivity index (χ1) is 9.95. The first-order valence-electron chi connectivity index (χ1n) is 6.99. The molecule has 1 fully saturated rings. The second-order valence-corrected chi connectivity index (χ2v) is 7.54. The van der Waals surface area contributed by atoms with E-state index in [9.17, 15) is 8.42 Å². The molecule has 2 aromatic rings. The molecular weight excluding hydrogens is 288 g/mol. The Hall–Kier alpha value is -1.76. The molecule has 21 heavy (non-hydrogen) atoms. The predicted octanol–water partition coefficient (Wildman–Crippen LogP) is 1.62. The first-order valence-corrected chi connectivity index (χ1v) is 8.88. The van der Waals surface area contributed by atoms with Crippen molar-refractivity contribution in [3.05, 3.63) is 24.2 Å². The summed E-state index contributed by atoms with van der Waals surface area (Å²) in [6, 6.07) is 1.73. The lowest BCUT2D eigenvalue weighted by Crippen LogP contribution is -2.16. The molecule has 112 valence electrons. The molecule has 1 aliphatic rings. The molecule has 0 unspecified atom stereocenters. The van der Waals surface area contributed by atoms with Crippen molar-refractivity contribution in [1.29, 1.82) is 0 Å². The Balaban J connectivity index is 2.00. The third kappa shape index (κ3) is 2.83. The van der Waals surface area contributed by atoms with Crippen molar-refractivity contribution in [1.82, 2.24) is 19.7 Å². The smallest absolute Gasteiger partial charge is 0.247 e. The van der Waals surface area contributed by atoms with E-state index in [4.69, 9.17) is 0 Å². The molecule has 0 amide bonds. The minimum absolute atomic E-state index is 0.140. The Morgan fingerprint density at radius 3 is 2.76 bits per heavy atom. The van der Waals surface area contributed by atoms with Gasteiger partial charge in [0.25, 0.3) is 0 Å². The van der Waals surface area contributed by atoms with Crippen molar-refractivity contribution in [2.75, 3.05) is 6.26 Å². The molecule has 0 aromatic carbocycles. The largest absolute Gasteiger partial charge is 0.272 e. The molecule has 6 nitrogen and oxygen atoms in total. The van der Waals surface area contributed by atoms with E-state index >= 15 is 0 Å². The van der Waals surface area contributed by atoms with Crippen LogP contribution in [-0.2, 0) is 23.3 Å². The van der Waals surface area contributed by atoms with Gasteiger partial charge in [-0.3, -0.25) is 4.68 Å². The van der Waals surface area contributed by atoms with Crippen LogP contribution in [0.2, 0.25) is 0 Å². The standard InChI is InChI=1S/C14H18N4O2S/c1-18-13(8-10-4-3-5-10)11(9-16-18)12-6-7-15-14(17-12)21(2,19)20/h6-7,9-10H,3-5,8H2,1-2H3. The van der Waals surface area contributed by atoms with Crippen LogP contribution in [0, 0.1) is 5.92 Å². The second kappa shape index (κ2) is 5.22. The molecule has 0 N–H and O–H groups in total. The van der Waals surface area contributed by atoms with Crippen molar-refractivity contribution in [2.24, 2.45) is 13.0 Å². The van der Waals surface area contributed by atoms with Crippen LogP contribution in [0.1, 0.15) is 25.0 Å². The Bertz CT molecular complexity index is 763. The van der Waals surface area contributed by atoms with Crippen LogP contribution in [0.3, 0.4) is 0 Å². The molecule has 0 aliphatic heterocycles. The van der Waals surface area contributed by atoms with Gasteiger partial charge in [0, 0.05) is 30.8 Å². The Morgan fingerprint density at radius 1 is 1.38 bits per heavy atom. The lowest BCUT2D eigenvalue weighted by molar-refractivity contribution is 0.309. The van der Waals surface area contributed by atoms with E-state index in [0.29, 0.717) is 11.6 Å². The zero-order chi connectivity index (χ0) is 15.0. The fourth-order valence-electron chi connectivity index (χ4n) is 2.56. The number of rotatable bonds is 4. The van der Waals surface area contributed by atoms with Gasteiger partial charge in [-0.1, -0.05) is 19.3 Å². The number of sulfone groups is 1. The zero-order valence-corrected chi connectivity index (χ0v) is 13.0. The third-order valence-corrected chi connectivity index (χ3v) is 4.87. The van der Waals surface area contributed by atoms with Crippen LogP contribution in [-0.4, -0.2) is 34.4 Å². The van der Waals surface area contributed by atoms with Gasteiger partial charge in [-0.15, -0.1) is 0 Å². The highest BCUT2D eigenvalue weighted by Gasteiger charge is 2.22. The number of hydrogen-bond acceptors (Lipinski definition) is 5. The van der Waals surface area contributed by atoms with Crippen LogP contribution >= 0.6 is 0 Å². The van der Waals surface area contributed by atoms with E-state index in [2.05, 4.69) is 15.1 Å². The summed E-state index contributed by atoms with van der Waals surface area (Å²) in [5.41, 5.74) is 2.63. The Labute approximate surface area is 124 Å². The highest BCUT2D eigenvalue weighted by molar-refractivity contribution is 7.90. The van der Waals surface area contributed by atoms with E-state index in [1.165, 1.54) is 25.5 Å². The van der Waals surface area contributed by atoms with E-state index in [1.54, 1.807) is 12.3 Å². The summed E-state index contributed by atoms with van der Waals surface area (Å²) in [6.07, 6.45) is 9.12. The Morgan fingerprint density at radius 2 is 2.14 bits per heavy atom. The minimum Gasteiger partial charge on any atom is -0.272 e. The molecule has 0 atom stereocenters. The first kappa shape index (κ1) is 14.2. The lowest BCUT2D eigenvalue weighted by Gasteiger charge is -2.25.